The number of rotatable bonds is 5. The van der Waals surface area contributed by atoms with Crippen LogP contribution in [-0.2, 0) is 13.0 Å². The van der Waals surface area contributed by atoms with Crippen molar-refractivity contribution >= 4 is 11.0 Å². The lowest BCUT2D eigenvalue weighted by Gasteiger charge is -2.17. The van der Waals surface area contributed by atoms with Gasteiger partial charge in [-0.05, 0) is 25.0 Å². The molecule has 0 amide bonds. The Morgan fingerprint density at radius 1 is 1.28 bits per heavy atom. The minimum absolute atomic E-state index is 0.308. The summed E-state index contributed by atoms with van der Waals surface area (Å²) in [6, 6.07) is 8.15. The molecule has 1 aromatic carbocycles. The predicted octanol–water partition coefficient (Wildman–Crippen LogP) is 3.01. The third-order valence-electron chi connectivity index (χ3n) is 3.74. The first-order valence-corrected chi connectivity index (χ1v) is 6.79. The summed E-state index contributed by atoms with van der Waals surface area (Å²) in [7, 11) is 0. The molecule has 2 rings (SSSR count). The Labute approximate surface area is 108 Å². The van der Waals surface area contributed by atoms with Crippen LogP contribution in [0.5, 0.6) is 0 Å². The van der Waals surface area contributed by atoms with E-state index in [1.165, 1.54) is 0 Å². The Balaban J connectivity index is 2.33. The van der Waals surface area contributed by atoms with Gasteiger partial charge >= 0.3 is 0 Å². The smallest absolute Gasteiger partial charge is 0.112 e. The Hall–Kier alpha value is -1.35. The van der Waals surface area contributed by atoms with E-state index in [0.29, 0.717) is 12.3 Å². The van der Waals surface area contributed by atoms with Gasteiger partial charge in [0.25, 0.3) is 0 Å². The molecule has 2 unspecified atom stereocenters. The zero-order valence-electron chi connectivity index (χ0n) is 11.4. The van der Waals surface area contributed by atoms with Crippen LogP contribution in [0.15, 0.2) is 24.3 Å². The summed E-state index contributed by atoms with van der Waals surface area (Å²) >= 11 is 0. The molecule has 1 N–H and O–H groups in total. The molecule has 0 aliphatic carbocycles. The highest BCUT2D eigenvalue weighted by atomic mass is 16.3. The predicted molar refractivity (Wildman–Crippen MR) is 74.6 cm³/mol. The molecule has 0 aliphatic rings. The number of aryl methyl sites for hydroxylation is 1. The third-order valence-corrected chi connectivity index (χ3v) is 3.74. The number of hydrogen-bond donors (Lipinski definition) is 1. The molecular formula is C15H22N2O. The lowest BCUT2D eigenvalue weighted by molar-refractivity contribution is 0.112. The largest absolute Gasteiger partial charge is 0.392 e. The fourth-order valence-corrected chi connectivity index (χ4v) is 2.29. The third kappa shape index (κ3) is 2.41. The molecule has 0 radical (unpaired) electrons. The average Bonchev–Trinajstić information content (AvgIpc) is 2.74. The first-order chi connectivity index (χ1) is 8.67. The van der Waals surface area contributed by atoms with Crippen molar-refractivity contribution in [1.29, 1.82) is 0 Å². The van der Waals surface area contributed by atoms with E-state index in [9.17, 15) is 5.11 Å². The van der Waals surface area contributed by atoms with Gasteiger partial charge in [-0.3, -0.25) is 0 Å². The maximum absolute atomic E-state index is 10.2. The van der Waals surface area contributed by atoms with Crippen LogP contribution < -0.4 is 0 Å². The summed E-state index contributed by atoms with van der Waals surface area (Å²) in [5.74, 6) is 1.31. The van der Waals surface area contributed by atoms with Gasteiger partial charge < -0.3 is 9.67 Å². The van der Waals surface area contributed by atoms with E-state index >= 15 is 0 Å². The van der Waals surface area contributed by atoms with Crippen LogP contribution in [-0.4, -0.2) is 20.8 Å². The minimum atomic E-state index is -0.308. The second-order valence-corrected chi connectivity index (χ2v) is 4.92. The Bertz CT molecular complexity index is 518. The van der Waals surface area contributed by atoms with Crippen molar-refractivity contribution < 1.29 is 5.11 Å². The molecule has 2 aromatic rings. The zero-order valence-corrected chi connectivity index (χ0v) is 11.4. The van der Waals surface area contributed by atoms with Crippen LogP contribution >= 0.6 is 0 Å². The molecule has 98 valence electrons. The second kappa shape index (κ2) is 5.53. The van der Waals surface area contributed by atoms with E-state index in [0.717, 1.165) is 29.8 Å². The molecule has 0 fully saturated rings. The van der Waals surface area contributed by atoms with Crippen molar-refractivity contribution in [2.75, 3.05) is 0 Å². The number of para-hydroxylation sites is 2. The fourth-order valence-electron chi connectivity index (χ4n) is 2.29. The van der Waals surface area contributed by atoms with Crippen molar-refractivity contribution in [3.05, 3.63) is 30.1 Å². The van der Waals surface area contributed by atoms with E-state index in [4.69, 9.17) is 0 Å². The number of fused-ring (bicyclic) bond motifs is 1. The highest BCUT2D eigenvalue weighted by Crippen LogP contribution is 2.19. The number of benzene rings is 1. The monoisotopic (exact) mass is 246 g/mol. The summed E-state index contributed by atoms with van der Waals surface area (Å²) in [6.45, 7) is 7.20. The molecule has 18 heavy (non-hydrogen) atoms. The average molecular weight is 246 g/mol. The molecule has 2 atom stereocenters. The number of hydrogen-bond acceptors (Lipinski definition) is 2. The van der Waals surface area contributed by atoms with E-state index in [-0.39, 0.29) is 6.10 Å². The van der Waals surface area contributed by atoms with E-state index in [2.05, 4.69) is 36.4 Å². The van der Waals surface area contributed by atoms with Crippen molar-refractivity contribution in [2.24, 2.45) is 5.92 Å². The quantitative estimate of drug-likeness (QED) is 0.880. The van der Waals surface area contributed by atoms with Crippen LogP contribution in [0.25, 0.3) is 11.0 Å². The first-order valence-electron chi connectivity index (χ1n) is 6.79. The Morgan fingerprint density at radius 2 is 2.00 bits per heavy atom. The maximum Gasteiger partial charge on any atom is 0.112 e. The van der Waals surface area contributed by atoms with Crippen molar-refractivity contribution in [2.45, 2.75) is 46.3 Å². The van der Waals surface area contributed by atoms with Gasteiger partial charge in [0.05, 0.1) is 17.1 Å². The number of aromatic nitrogens is 2. The van der Waals surface area contributed by atoms with Crippen LogP contribution in [0, 0.1) is 5.92 Å². The maximum atomic E-state index is 10.2. The number of aliphatic hydroxyl groups is 1. The lowest BCUT2D eigenvalue weighted by atomic mass is 9.99. The molecular weight excluding hydrogens is 224 g/mol. The molecule has 0 bridgehead atoms. The van der Waals surface area contributed by atoms with Gasteiger partial charge in [-0.25, -0.2) is 4.98 Å². The normalized spacial score (nSPS) is 14.9. The highest BCUT2D eigenvalue weighted by molar-refractivity contribution is 5.75. The highest BCUT2D eigenvalue weighted by Gasteiger charge is 2.17. The number of nitrogens with zero attached hydrogens (tertiary/aromatic N) is 2. The topological polar surface area (TPSA) is 38.1 Å². The van der Waals surface area contributed by atoms with Crippen LogP contribution in [0.2, 0.25) is 0 Å². The van der Waals surface area contributed by atoms with Crippen LogP contribution in [0.3, 0.4) is 0 Å². The SMILES string of the molecule is CCC(C)C(O)Cc1nc2ccccc2n1CC. The molecule has 0 aliphatic heterocycles. The summed E-state index contributed by atoms with van der Waals surface area (Å²) in [5, 5.41) is 10.2. The van der Waals surface area contributed by atoms with Crippen molar-refractivity contribution in [3.8, 4) is 0 Å². The Kier molecular flexibility index (Phi) is 4.02. The zero-order chi connectivity index (χ0) is 13.1. The number of imidazole rings is 1. The first kappa shape index (κ1) is 13.1. The molecule has 0 spiro atoms. The van der Waals surface area contributed by atoms with Gasteiger partial charge in [-0.15, -0.1) is 0 Å². The summed E-state index contributed by atoms with van der Waals surface area (Å²) < 4.78 is 2.20. The molecule has 0 saturated carbocycles. The van der Waals surface area contributed by atoms with Gasteiger partial charge in [0.2, 0.25) is 0 Å². The van der Waals surface area contributed by atoms with Crippen molar-refractivity contribution in [1.82, 2.24) is 9.55 Å². The Morgan fingerprint density at radius 3 is 2.67 bits per heavy atom. The van der Waals surface area contributed by atoms with Gasteiger partial charge in [0, 0.05) is 13.0 Å². The molecule has 1 aromatic heterocycles. The number of aliphatic hydroxyl groups excluding tert-OH is 1. The fraction of sp³-hybridized carbons (Fsp3) is 0.533. The van der Waals surface area contributed by atoms with Gasteiger partial charge in [0.1, 0.15) is 5.82 Å². The van der Waals surface area contributed by atoms with E-state index < -0.39 is 0 Å². The summed E-state index contributed by atoms with van der Waals surface area (Å²) in [5.41, 5.74) is 2.18. The second-order valence-electron chi connectivity index (χ2n) is 4.92. The van der Waals surface area contributed by atoms with Gasteiger partial charge in [-0.2, -0.15) is 0 Å². The van der Waals surface area contributed by atoms with Gasteiger partial charge in [0.15, 0.2) is 0 Å². The van der Waals surface area contributed by atoms with Gasteiger partial charge in [-0.1, -0.05) is 32.4 Å². The van der Waals surface area contributed by atoms with Crippen molar-refractivity contribution in [3.63, 3.8) is 0 Å². The molecule has 0 saturated heterocycles. The summed E-state index contributed by atoms with van der Waals surface area (Å²) in [4.78, 5) is 4.64. The minimum Gasteiger partial charge on any atom is -0.392 e. The van der Waals surface area contributed by atoms with Crippen LogP contribution in [0.4, 0.5) is 0 Å². The van der Waals surface area contributed by atoms with E-state index in [1.54, 1.807) is 0 Å². The lowest BCUT2D eigenvalue weighted by Crippen LogP contribution is -2.21. The summed E-state index contributed by atoms with van der Waals surface area (Å²) in [6.07, 6.45) is 1.32. The standard InChI is InChI=1S/C15H22N2O/c1-4-11(3)14(18)10-15-16-12-8-6-7-9-13(12)17(15)5-2/h6-9,11,14,18H,4-5,10H2,1-3H3. The molecule has 3 nitrogen and oxygen atoms in total. The molecule has 1 heterocycles. The van der Waals surface area contributed by atoms with Crippen LogP contribution in [0.1, 0.15) is 33.0 Å². The van der Waals surface area contributed by atoms with E-state index in [1.807, 2.05) is 18.2 Å². The molecule has 3 heteroatoms.